The van der Waals surface area contributed by atoms with E-state index in [0.29, 0.717) is 18.9 Å². The molecule has 0 bridgehead atoms. The van der Waals surface area contributed by atoms with Crippen LogP contribution in [-0.4, -0.2) is 31.9 Å². The van der Waals surface area contributed by atoms with Gasteiger partial charge in [0.05, 0.1) is 20.3 Å². The Morgan fingerprint density at radius 1 is 0.806 bits per heavy atom. The zero-order valence-corrected chi connectivity index (χ0v) is 18.4. The third-order valence-corrected chi connectivity index (χ3v) is 5.16. The van der Waals surface area contributed by atoms with Gasteiger partial charge in [0.15, 0.2) is 11.5 Å². The highest BCUT2D eigenvalue weighted by Crippen LogP contribution is 2.28. The van der Waals surface area contributed by atoms with Gasteiger partial charge in [-0.2, -0.15) is 0 Å². The number of rotatable bonds is 11. The number of para-hydroxylation sites is 1. The molecular weight excluding hydrogens is 390 g/mol. The first-order valence-corrected chi connectivity index (χ1v) is 10.5. The Morgan fingerprint density at radius 2 is 1.52 bits per heavy atom. The Balaban J connectivity index is 1.56. The summed E-state index contributed by atoms with van der Waals surface area (Å²) in [5.74, 6) is 2.14. The van der Waals surface area contributed by atoms with Crippen LogP contribution in [0.4, 0.5) is 0 Å². The van der Waals surface area contributed by atoms with Gasteiger partial charge in [0.2, 0.25) is 0 Å². The second-order valence-electron chi connectivity index (χ2n) is 7.53. The van der Waals surface area contributed by atoms with Crippen LogP contribution in [0, 0.1) is 0 Å². The number of hydrogen-bond acceptors (Lipinski definition) is 5. The van der Waals surface area contributed by atoms with E-state index in [0.717, 1.165) is 34.6 Å². The molecule has 0 heterocycles. The van der Waals surface area contributed by atoms with Crippen molar-refractivity contribution in [2.75, 3.05) is 20.8 Å². The molecule has 5 heteroatoms. The maximum absolute atomic E-state index is 10.8. The Bertz CT molecular complexity index is 945. The van der Waals surface area contributed by atoms with E-state index < -0.39 is 6.10 Å². The molecule has 3 rings (SSSR count). The van der Waals surface area contributed by atoms with Gasteiger partial charge in [0, 0.05) is 18.2 Å². The van der Waals surface area contributed by atoms with Crippen molar-refractivity contribution in [3.8, 4) is 17.2 Å². The molecule has 5 nitrogen and oxygen atoms in total. The normalized spacial score (nSPS) is 12.8. The molecule has 0 radical (unpaired) electrons. The van der Waals surface area contributed by atoms with Crippen LogP contribution in [0.2, 0.25) is 0 Å². The summed E-state index contributed by atoms with van der Waals surface area (Å²) in [6, 6.07) is 23.8. The Labute approximate surface area is 184 Å². The van der Waals surface area contributed by atoms with Crippen molar-refractivity contribution in [2.45, 2.75) is 32.1 Å². The summed E-state index contributed by atoms with van der Waals surface area (Å²) in [7, 11) is 3.27. The van der Waals surface area contributed by atoms with Crippen LogP contribution >= 0.6 is 0 Å². The van der Waals surface area contributed by atoms with Crippen LogP contribution < -0.4 is 19.5 Å². The highest BCUT2D eigenvalue weighted by atomic mass is 16.5. The molecule has 0 saturated carbocycles. The zero-order valence-electron chi connectivity index (χ0n) is 18.4. The molecule has 31 heavy (non-hydrogen) atoms. The summed E-state index contributed by atoms with van der Waals surface area (Å²) >= 11 is 0. The third kappa shape index (κ3) is 6.48. The fourth-order valence-corrected chi connectivity index (χ4v) is 3.48. The highest BCUT2D eigenvalue weighted by molar-refractivity contribution is 5.43. The van der Waals surface area contributed by atoms with Crippen LogP contribution in [0.25, 0.3) is 0 Å². The van der Waals surface area contributed by atoms with Crippen LogP contribution in [0.3, 0.4) is 0 Å². The van der Waals surface area contributed by atoms with Crippen molar-refractivity contribution < 1.29 is 19.3 Å². The fraction of sp³-hybridized carbons (Fsp3) is 0.308. The molecule has 3 aromatic rings. The number of methoxy groups -OCH3 is 2. The van der Waals surface area contributed by atoms with Gasteiger partial charge in [-0.3, -0.25) is 0 Å². The van der Waals surface area contributed by atoms with Crippen LogP contribution in [0.15, 0.2) is 72.8 Å². The molecular formula is C26H31NO4. The number of ether oxygens (including phenoxy) is 3. The fourth-order valence-electron chi connectivity index (χ4n) is 3.48. The van der Waals surface area contributed by atoms with Crippen molar-refractivity contribution in [1.29, 1.82) is 0 Å². The molecule has 2 N–H and O–H groups in total. The quantitative estimate of drug-likeness (QED) is 0.476. The van der Waals surface area contributed by atoms with E-state index in [1.807, 2.05) is 72.8 Å². The van der Waals surface area contributed by atoms with Crippen molar-refractivity contribution in [1.82, 2.24) is 5.32 Å². The predicted octanol–water partition coefficient (Wildman–Crippen LogP) is 4.54. The highest BCUT2D eigenvalue weighted by Gasteiger charge is 2.15. The number of benzene rings is 3. The van der Waals surface area contributed by atoms with Crippen molar-refractivity contribution in [3.05, 3.63) is 89.5 Å². The minimum Gasteiger partial charge on any atom is -0.493 e. The number of hydrogen-bond donors (Lipinski definition) is 2. The molecule has 2 atom stereocenters. The zero-order chi connectivity index (χ0) is 22.1. The minimum absolute atomic E-state index is 0.171. The summed E-state index contributed by atoms with van der Waals surface area (Å²) in [4.78, 5) is 0. The van der Waals surface area contributed by atoms with Gasteiger partial charge in [-0.1, -0.05) is 54.6 Å². The molecule has 1 unspecified atom stereocenters. The lowest BCUT2D eigenvalue weighted by atomic mass is 10.0. The van der Waals surface area contributed by atoms with Crippen molar-refractivity contribution in [2.24, 2.45) is 0 Å². The van der Waals surface area contributed by atoms with E-state index >= 15 is 0 Å². The maximum atomic E-state index is 10.8. The van der Waals surface area contributed by atoms with Gasteiger partial charge in [0.1, 0.15) is 12.4 Å². The first-order chi connectivity index (χ1) is 15.1. The first-order valence-electron chi connectivity index (χ1n) is 10.5. The van der Waals surface area contributed by atoms with Crippen LogP contribution in [0.1, 0.15) is 29.7 Å². The van der Waals surface area contributed by atoms with E-state index in [-0.39, 0.29) is 6.04 Å². The van der Waals surface area contributed by atoms with Gasteiger partial charge in [-0.25, -0.2) is 0 Å². The topological polar surface area (TPSA) is 60.0 Å². The van der Waals surface area contributed by atoms with Gasteiger partial charge in [0.25, 0.3) is 0 Å². The molecule has 164 valence electrons. The van der Waals surface area contributed by atoms with E-state index in [9.17, 15) is 5.11 Å². The Hall–Kier alpha value is -3.02. The number of aliphatic hydroxyl groups is 1. The largest absolute Gasteiger partial charge is 0.493 e. The lowest BCUT2D eigenvalue weighted by Crippen LogP contribution is -2.32. The average molecular weight is 422 g/mol. The summed E-state index contributed by atoms with van der Waals surface area (Å²) in [6.45, 7) is 3.00. The molecule has 0 amide bonds. The summed E-state index contributed by atoms with van der Waals surface area (Å²) in [5.41, 5.74) is 3.01. The van der Waals surface area contributed by atoms with E-state index in [1.165, 1.54) is 0 Å². The Kier molecular flexibility index (Phi) is 8.33. The molecule has 0 aliphatic rings. The molecule has 0 fully saturated rings. The Morgan fingerprint density at radius 3 is 2.26 bits per heavy atom. The second kappa shape index (κ2) is 11.4. The third-order valence-electron chi connectivity index (χ3n) is 5.16. The van der Waals surface area contributed by atoms with E-state index in [2.05, 4.69) is 12.2 Å². The molecule has 0 aromatic heterocycles. The molecule has 0 aliphatic carbocycles. The smallest absolute Gasteiger partial charge is 0.160 e. The lowest BCUT2D eigenvalue weighted by Gasteiger charge is -2.20. The first kappa shape index (κ1) is 22.7. The molecule has 0 aliphatic heterocycles. The summed E-state index contributed by atoms with van der Waals surface area (Å²) in [6.07, 6.45) is 0.138. The average Bonchev–Trinajstić information content (AvgIpc) is 2.82. The number of aliphatic hydroxyl groups excluding tert-OH is 1. The maximum Gasteiger partial charge on any atom is 0.160 e. The second-order valence-corrected chi connectivity index (χ2v) is 7.53. The monoisotopic (exact) mass is 421 g/mol. The van der Waals surface area contributed by atoms with Gasteiger partial charge in [-0.15, -0.1) is 0 Å². The van der Waals surface area contributed by atoms with Gasteiger partial charge < -0.3 is 24.6 Å². The van der Waals surface area contributed by atoms with Crippen molar-refractivity contribution in [3.63, 3.8) is 0 Å². The van der Waals surface area contributed by atoms with E-state index in [4.69, 9.17) is 14.2 Å². The lowest BCUT2D eigenvalue weighted by molar-refractivity contribution is 0.163. The van der Waals surface area contributed by atoms with E-state index in [1.54, 1.807) is 14.2 Å². The predicted molar refractivity (Wildman–Crippen MR) is 123 cm³/mol. The SMILES string of the molecule is COc1ccc(CC(C)NC[C@H](O)c2ccccc2OCc2ccccc2)cc1OC. The minimum atomic E-state index is -0.667. The van der Waals surface area contributed by atoms with Crippen molar-refractivity contribution >= 4 is 0 Å². The number of nitrogens with one attached hydrogen (secondary N) is 1. The summed E-state index contributed by atoms with van der Waals surface area (Å²) in [5, 5.41) is 14.2. The van der Waals surface area contributed by atoms with Gasteiger partial charge >= 0.3 is 0 Å². The molecule has 0 spiro atoms. The van der Waals surface area contributed by atoms with Gasteiger partial charge in [-0.05, 0) is 42.7 Å². The molecule has 3 aromatic carbocycles. The van der Waals surface area contributed by atoms with Crippen LogP contribution in [-0.2, 0) is 13.0 Å². The standard InChI is InChI=1S/C26H31NO4/c1-19(15-21-13-14-25(29-2)26(16-21)30-3)27-17-23(28)22-11-7-8-12-24(22)31-18-20-9-5-4-6-10-20/h4-14,16,19,23,27-28H,15,17-18H2,1-3H3/t19?,23-/m0/s1. The summed E-state index contributed by atoms with van der Waals surface area (Å²) < 4.78 is 16.7. The van der Waals surface area contributed by atoms with Crippen LogP contribution in [0.5, 0.6) is 17.2 Å². The molecule has 0 saturated heterocycles.